The van der Waals surface area contributed by atoms with Crippen molar-refractivity contribution >= 4 is 5.91 Å². The maximum atomic E-state index is 13.0. The summed E-state index contributed by atoms with van der Waals surface area (Å²) in [6, 6.07) is 10.2. The molecule has 30 heavy (non-hydrogen) atoms. The molecule has 3 aromatic rings. The molecule has 1 fully saturated rings. The molecular formula is C24H26N4O2. The van der Waals surface area contributed by atoms with Crippen molar-refractivity contribution < 1.29 is 9.90 Å². The summed E-state index contributed by atoms with van der Waals surface area (Å²) in [6.45, 7) is 0.609. The average Bonchev–Trinajstić information content (AvgIpc) is 3.33. The number of carbonyl (C=O) groups excluding carboxylic acids is 1. The summed E-state index contributed by atoms with van der Waals surface area (Å²) < 4.78 is 1.77. The number of fused-ring (bicyclic) bond motifs is 1. The normalized spacial score (nSPS) is 21.1. The second kappa shape index (κ2) is 7.69. The van der Waals surface area contributed by atoms with Crippen LogP contribution in [-0.2, 0) is 20.0 Å². The van der Waals surface area contributed by atoms with Gasteiger partial charge in [0.2, 0.25) is 0 Å². The summed E-state index contributed by atoms with van der Waals surface area (Å²) in [5.74, 6) is 0.0582. The minimum atomic E-state index is -0.402. The lowest BCUT2D eigenvalue weighted by Gasteiger charge is -2.35. The van der Waals surface area contributed by atoms with Crippen molar-refractivity contribution in [2.24, 2.45) is 7.05 Å². The molecule has 2 aromatic heterocycles. The minimum Gasteiger partial charge on any atom is -0.391 e. The van der Waals surface area contributed by atoms with E-state index in [4.69, 9.17) is 0 Å². The van der Waals surface area contributed by atoms with E-state index >= 15 is 0 Å². The Morgan fingerprint density at radius 3 is 2.67 bits per heavy atom. The van der Waals surface area contributed by atoms with Crippen LogP contribution in [-0.4, -0.2) is 42.8 Å². The second-order valence-electron chi connectivity index (χ2n) is 8.47. The van der Waals surface area contributed by atoms with Crippen LogP contribution < -0.4 is 0 Å². The maximum absolute atomic E-state index is 13.0. The van der Waals surface area contributed by atoms with Crippen LogP contribution in [0.5, 0.6) is 0 Å². The van der Waals surface area contributed by atoms with Crippen molar-refractivity contribution in [1.82, 2.24) is 19.7 Å². The van der Waals surface area contributed by atoms with E-state index in [9.17, 15) is 9.90 Å². The van der Waals surface area contributed by atoms with Gasteiger partial charge in [-0.05, 0) is 48.1 Å². The highest BCUT2D eigenvalue weighted by atomic mass is 16.3. The number of hydrogen-bond donors (Lipinski definition) is 1. The lowest BCUT2D eigenvalue weighted by molar-refractivity contribution is 0.0191. The number of aliphatic hydroxyl groups excluding tert-OH is 1. The Balaban J connectivity index is 1.32. The van der Waals surface area contributed by atoms with E-state index in [0.29, 0.717) is 6.54 Å². The van der Waals surface area contributed by atoms with Gasteiger partial charge in [0, 0.05) is 37.1 Å². The largest absolute Gasteiger partial charge is 0.391 e. The number of rotatable bonds is 4. The Hall–Kier alpha value is -2.99. The van der Waals surface area contributed by atoms with E-state index in [1.165, 1.54) is 0 Å². The van der Waals surface area contributed by atoms with E-state index < -0.39 is 6.10 Å². The lowest BCUT2D eigenvalue weighted by atomic mass is 9.91. The van der Waals surface area contributed by atoms with Crippen LogP contribution in [0.3, 0.4) is 0 Å². The van der Waals surface area contributed by atoms with Gasteiger partial charge in [0.05, 0.1) is 24.0 Å². The number of aliphatic hydroxyl groups is 1. The van der Waals surface area contributed by atoms with E-state index in [-0.39, 0.29) is 11.9 Å². The highest BCUT2D eigenvalue weighted by Gasteiger charge is 2.37. The number of aryl methyl sites for hydroxylation is 1. The summed E-state index contributed by atoms with van der Waals surface area (Å²) in [7, 11) is 1.89. The van der Waals surface area contributed by atoms with E-state index in [2.05, 4.69) is 28.3 Å². The van der Waals surface area contributed by atoms with Gasteiger partial charge in [-0.15, -0.1) is 0 Å². The minimum absolute atomic E-state index is 0.0497. The van der Waals surface area contributed by atoms with Crippen LogP contribution in [0.25, 0.3) is 11.3 Å². The lowest BCUT2D eigenvalue weighted by Crippen LogP contribution is -2.45. The molecule has 1 aromatic carbocycles. The first kappa shape index (κ1) is 19.0. The van der Waals surface area contributed by atoms with Gasteiger partial charge >= 0.3 is 0 Å². The van der Waals surface area contributed by atoms with Crippen LogP contribution in [0.1, 0.15) is 52.7 Å². The van der Waals surface area contributed by atoms with Crippen LogP contribution in [0.15, 0.2) is 48.9 Å². The molecule has 6 heteroatoms. The topological polar surface area (TPSA) is 71.2 Å². The molecule has 2 aliphatic rings. The van der Waals surface area contributed by atoms with Gasteiger partial charge in [0.15, 0.2) is 0 Å². The van der Waals surface area contributed by atoms with Crippen LogP contribution in [0.4, 0.5) is 0 Å². The average molecular weight is 402 g/mol. The Morgan fingerprint density at radius 2 is 1.93 bits per heavy atom. The molecule has 1 aliphatic carbocycles. The smallest absolute Gasteiger partial charge is 0.254 e. The zero-order valence-corrected chi connectivity index (χ0v) is 17.2. The third-order valence-electron chi connectivity index (χ3n) is 6.33. The van der Waals surface area contributed by atoms with Crippen LogP contribution in [0.2, 0.25) is 0 Å². The number of amides is 1. The predicted molar refractivity (Wildman–Crippen MR) is 114 cm³/mol. The molecule has 0 bridgehead atoms. The molecule has 0 saturated heterocycles. The molecule has 1 N–H and O–H groups in total. The molecule has 3 heterocycles. The van der Waals surface area contributed by atoms with Gasteiger partial charge in [0.25, 0.3) is 5.91 Å². The third kappa shape index (κ3) is 3.52. The molecule has 5 rings (SSSR count). The standard InChI is InChI=1S/C24H26N4O2/c1-27-14-19(13-26-27)21-9-7-17(12-25-21)10-16-6-8-18-15-28(24(30)20(18)11-16)22-4-2-3-5-23(22)29/h6-9,11-14,22-23,29H,2-5,10,15H2,1H3. The van der Waals surface area contributed by atoms with E-state index in [1.807, 2.05) is 42.7 Å². The fourth-order valence-electron chi connectivity index (χ4n) is 4.69. The van der Waals surface area contributed by atoms with Crippen molar-refractivity contribution in [2.75, 3.05) is 0 Å². The predicted octanol–water partition coefficient (Wildman–Crippen LogP) is 3.33. The molecule has 2 unspecified atom stereocenters. The molecular weight excluding hydrogens is 376 g/mol. The maximum Gasteiger partial charge on any atom is 0.254 e. The Bertz CT molecular complexity index is 1070. The summed E-state index contributed by atoms with van der Waals surface area (Å²) >= 11 is 0. The molecule has 154 valence electrons. The van der Waals surface area contributed by atoms with Crippen molar-refractivity contribution in [2.45, 2.75) is 50.8 Å². The highest BCUT2D eigenvalue weighted by molar-refractivity contribution is 5.98. The van der Waals surface area contributed by atoms with Crippen molar-refractivity contribution in [3.63, 3.8) is 0 Å². The van der Waals surface area contributed by atoms with Crippen molar-refractivity contribution in [1.29, 1.82) is 0 Å². The number of nitrogens with zero attached hydrogens (tertiary/aromatic N) is 4. The third-order valence-corrected chi connectivity index (χ3v) is 6.33. The quantitative estimate of drug-likeness (QED) is 0.727. The van der Waals surface area contributed by atoms with Gasteiger partial charge in [-0.25, -0.2) is 0 Å². The number of benzene rings is 1. The van der Waals surface area contributed by atoms with Crippen LogP contribution in [0, 0.1) is 0 Å². The van der Waals surface area contributed by atoms with Gasteiger partial charge in [0.1, 0.15) is 0 Å². The molecule has 2 atom stereocenters. The van der Waals surface area contributed by atoms with Crippen LogP contribution >= 0.6 is 0 Å². The Kier molecular flexibility index (Phi) is 4.87. The molecule has 1 aliphatic heterocycles. The summed E-state index contributed by atoms with van der Waals surface area (Å²) in [5, 5.41) is 14.6. The fourth-order valence-corrected chi connectivity index (χ4v) is 4.69. The SMILES string of the molecule is Cn1cc(-c2ccc(Cc3ccc4c(c3)C(=O)N(C3CCCCC3O)C4)cn2)cn1. The molecule has 1 amide bonds. The summed E-state index contributed by atoms with van der Waals surface area (Å²) in [5.41, 5.74) is 5.95. The Labute approximate surface area is 176 Å². The van der Waals surface area contributed by atoms with Gasteiger partial charge in [-0.2, -0.15) is 5.10 Å². The number of pyridine rings is 1. The Morgan fingerprint density at radius 1 is 1.10 bits per heavy atom. The highest BCUT2D eigenvalue weighted by Crippen LogP contribution is 2.32. The van der Waals surface area contributed by atoms with Gasteiger partial charge < -0.3 is 10.0 Å². The first-order chi connectivity index (χ1) is 14.6. The zero-order chi connectivity index (χ0) is 20.7. The molecule has 0 spiro atoms. The second-order valence-corrected chi connectivity index (χ2v) is 8.47. The number of carbonyl (C=O) groups is 1. The monoisotopic (exact) mass is 402 g/mol. The molecule has 0 radical (unpaired) electrons. The molecule has 6 nitrogen and oxygen atoms in total. The summed E-state index contributed by atoms with van der Waals surface area (Å²) in [6.07, 6.45) is 9.78. The first-order valence-corrected chi connectivity index (χ1v) is 10.6. The van der Waals surface area contributed by atoms with Crippen molar-refractivity contribution in [3.05, 3.63) is 71.2 Å². The number of aromatic nitrogens is 3. The molecule has 1 saturated carbocycles. The zero-order valence-electron chi connectivity index (χ0n) is 17.2. The van der Waals surface area contributed by atoms with E-state index in [1.54, 1.807) is 4.68 Å². The first-order valence-electron chi connectivity index (χ1n) is 10.6. The van der Waals surface area contributed by atoms with Crippen molar-refractivity contribution in [3.8, 4) is 11.3 Å². The van der Waals surface area contributed by atoms with Gasteiger partial charge in [-0.3, -0.25) is 14.5 Å². The fraction of sp³-hybridized carbons (Fsp3) is 0.375. The van der Waals surface area contributed by atoms with Gasteiger partial charge in [-0.1, -0.05) is 31.0 Å². The number of hydrogen-bond acceptors (Lipinski definition) is 4. The summed E-state index contributed by atoms with van der Waals surface area (Å²) in [4.78, 5) is 19.5. The van der Waals surface area contributed by atoms with E-state index in [0.717, 1.165) is 65.6 Å².